The van der Waals surface area contributed by atoms with Crippen LogP contribution in [0.5, 0.6) is 0 Å². The average Bonchev–Trinajstić information content (AvgIpc) is 3.29. The van der Waals surface area contributed by atoms with E-state index in [1.165, 1.54) is 18.9 Å². The third kappa shape index (κ3) is 4.21. The quantitative estimate of drug-likeness (QED) is 0.555. The number of rotatable bonds is 6. The highest BCUT2D eigenvalue weighted by molar-refractivity contribution is 5.95. The van der Waals surface area contributed by atoms with Gasteiger partial charge in [-0.25, -0.2) is 9.18 Å². The molecule has 3 amide bonds. The zero-order chi connectivity index (χ0) is 22.1. The van der Waals surface area contributed by atoms with Gasteiger partial charge in [-0.05, 0) is 60.6 Å². The highest BCUT2D eigenvalue weighted by atomic mass is 19.1. The number of aromatic nitrogens is 2. The summed E-state index contributed by atoms with van der Waals surface area (Å²) < 4.78 is 14.7. The van der Waals surface area contributed by atoms with Crippen LogP contribution >= 0.6 is 0 Å². The van der Waals surface area contributed by atoms with Crippen molar-refractivity contribution in [2.24, 2.45) is 5.92 Å². The number of hydrogen-bond acceptors (Lipinski definition) is 3. The second-order valence-electron chi connectivity index (χ2n) is 8.36. The molecule has 164 valence electrons. The fraction of sp³-hybridized carbons (Fsp3) is 0.292. The average molecular weight is 433 g/mol. The molecule has 7 nitrogen and oxygen atoms in total. The van der Waals surface area contributed by atoms with Gasteiger partial charge in [-0.1, -0.05) is 12.1 Å². The first-order valence-electron chi connectivity index (χ1n) is 10.8. The smallest absolute Gasteiger partial charge is 0.322 e. The molecule has 1 fully saturated rings. The molecule has 5 rings (SSSR count). The van der Waals surface area contributed by atoms with Crippen molar-refractivity contribution < 1.29 is 14.0 Å². The van der Waals surface area contributed by atoms with Gasteiger partial charge >= 0.3 is 6.03 Å². The van der Waals surface area contributed by atoms with E-state index in [-0.39, 0.29) is 18.5 Å². The number of carbonyl (C=O) groups excluding carboxylic acids is 2. The predicted octanol–water partition coefficient (Wildman–Crippen LogP) is 3.63. The fourth-order valence-corrected chi connectivity index (χ4v) is 4.00. The Labute approximate surface area is 185 Å². The Balaban J connectivity index is 1.24. The predicted molar refractivity (Wildman–Crippen MR) is 119 cm³/mol. The zero-order valence-electron chi connectivity index (χ0n) is 17.5. The molecule has 8 heteroatoms. The van der Waals surface area contributed by atoms with E-state index in [4.69, 9.17) is 0 Å². The molecule has 1 aromatic heterocycles. The minimum atomic E-state index is -0.394. The molecule has 1 saturated carbocycles. The molecule has 0 spiro atoms. The van der Waals surface area contributed by atoms with E-state index < -0.39 is 5.82 Å². The van der Waals surface area contributed by atoms with E-state index in [1.54, 1.807) is 35.5 Å². The number of nitrogens with zero attached hydrogens (tertiary/aromatic N) is 2. The lowest BCUT2D eigenvalue weighted by molar-refractivity contribution is 0.0951. The van der Waals surface area contributed by atoms with Crippen LogP contribution in [0.1, 0.15) is 34.3 Å². The normalized spacial score (nSPS) is 14.8. The molecular formula is C24H24FN5O2. The summed E-state index contributed by atoms with van der Waals surface area (Å²) in [6, 6.07) is 10.1. The summed E-state index contributed by atoms with van der Waals surface area (Å²) in [7, 11) is 0. The van der Waals surface area contributed by atoms with Crippen LogP contribution < -0.4 is 15.5 Å². The van der Waals surface area contributed by atoms with Gasteiger partial charge in [0.1, 0.15) is 5.82 Å². The number of aromatic amines is 1. The Morgan fingerprint density at radius 2 is 2.06 bits per heavy atom. The van der Waals surface area contributed by atoms with Gasteiger partial charge < -0.3 is 10.6 Å². The Bertz CT molecular complexity index is 1160. The van der Waals surface area contributed by atoms with Gasteiger partial charge in [-0.2, -0.15) is 5.10 Å². The summed E-state index contributed by atoms with van der Waals surface area (Å²) in [5, 5.41) is 12.4. The van der Waals surface area contributed by atoms with E-state index >= 15 is 0 Å². The third-order valence-corrected chi connectivity index (χ3v) is 6.00. The van der Waals surface area contributed by atoms with Gasteiger partial charge in [0.15, 0.2) is 0 Å². The van der Waals surface area contributed by atoms with Gasteiger partial charge in [0.25, 0.3) is 5.91 Å². The summed E-state index contributed by atoms with van der Waals surface area (Å²) in [6.07, 6.45) is 6.24. The molecule has 1 aliphatic carbocycles. The van der Waals surface area contributed by atoms with Crippen LogP contribution in [0, 0.1) is 11.7 Å². The molecule has 2 aliphatic rings. The van der Waals surface area contributed by atoms with Crippen molar-refractivity contribution >= 4 is 17.6 Å². The molecule has 0 saturated heterocycles. The van der Waals surface area contributed by atoms with E-state index in [0.717, 1.165) is 11.1 Å². The number of anilines is 1. The molecule has 3 aromatic rings. The first kappa shape index (κ1) is 20.2. The van der Waals surface area contributed by atoms with Crippen LogP contribution in [0.3, 0.4) is 0 Å². The second-order valence-corrected chi connectivity index (χ2v) is 8.36. The number of fused-ring (bicyclic) bond motifs is 1. The van der Waals surface area contributed by atoms with Gasteiger partial charge in [-0.15, -0.1) is 0 Å². The summed E-state index contributed by atoms with van der Waals surface area (Å²) in [5.41, 5.74) is 4.06. The van der Waals surface area contributed by atoms with E-state index in [0.29, 0.717) is 47.8 Å². The van der Waals surface area contributed by atoms with Crippen molar-refractivity contribution in [1.29, 1.82) is 0 Å². The monoisotopic (exact) mass is 433 g/mol. The molecule has 3 N–H and O–H groups in total. The lowest BCUT2D eigenvalue weighted by Gasteiger charge is -2.19. The lowest BCUT2D eigenvalue weighted by Crippen LogP contribution is -2.38. The molecule has 0 atom stereocenters. The van der Waals surface area contributed by atoms with Crippen molar-refractivity contribution in [2.45, 2.75) is 25.8 Å². The van der Waals surface area contributed by atoms with Crippen molar-refractivity contribution in [1.82, 2.24) is 20.8 Å². The maximum atomic E-state index is 14.7. The second kappa shape index (κ2) is 8.45. The standard InChI is InChI=1S/C24H24FN5O2/c25-21-10-22-17(9-20(21)19-13-28-29-14-19)6-7-30(22)24(32)27-12-16-2-1-3-18(8-16)23(31)26-11-15-4-5-15/h1-3,8-10,13-15H,4-7,11-12H2,(H,26,31)(H,27,32)(H,28,29). The van der Waals surface area contributed by atoms with Crippen LogP contribution in [-0.4, -0.2) is 35.2 Å². The van der Waals surface area contributed by atoms with Gasteiger partial charge in [0.05, 0.1) is 11.9 Å². The maximum Gasteiger partial charge on any atom is 0.322 e. The summed E-state index contributed by atoms with van der Waals surface area (Å²) >= 11 is 0. The summed E-state index contributed by atoms with van der Waals surface area (Å²) in [5.74, 6) is 0.127. The third-order valence-electron chi connectivity index (χ3n) is 6.00. The Kier molecular flexibility index (Phi) is 5.34. The largest absolute Gasteiger partial charge is 0.352 e. The molecule has 0 unspecified atom stereocenters. The number of benzene rings is 2. The van der Waals surface area contributed by atoms with Crippen LogP contribution in [-0.2, 0) is 13.0 Å². The van der Waals surface area contributed by atoms with Gasteiger partial charge in [0, 0.05) is 42.5 Å². The summed E-state index contributed by atoms with van der Waals surface area (Å²) in [4.78, 5) is 26.7. The lowest BCUT2D eigenvalue weighted by atomic mass is 10.0. The SMILES string of the molecule is O=C(NCC1CC1)c1cccc(CNC(=O)N2CCc3cc(-c4cn[nH]c4)c(F)cc32)c1. The van der Waals surface area contributed by atoms with Crippen LogP contribution in [0.15, 0.2) is 48.8 Å². The number of carbonyl (C=O) groups is 2. The number of urea groups is 1. The highest BCUT2D eigenvalue weighted by Crippen LogP contribution is 2.34. The van der Waals surface area contributed by atoms with E-state index in [9.17, 15) is 14.0 Å². The van der Waals surface area contributed by atoms with E-state index in [2.05, 4.69) is 20.8 Å². The highest BCUT2D eigenvalue weighted by Gasteiger charge is 2.27. The molecule has 1 aliphatic heterocycles. The van der Waals surface area contributed by atoms with Crippen molar-refractivity contribution in [3.05, 3.63) is 71.3 Å². The van der Waals surface area contributed by atoms with E-state index in [1.807, 2.05) is 12.1 Å². The van der Waals surface area contributed by atoms with Crippen molar-refractivity contribution in [2.75, 3.05) is 18.0 Å². The first-order valence-corrected chi connectivity index (χ1v) is 10.8. The fourth-order valence-electron chi connectivity index (χ4n) is 4.00. The number of nitrogens with one attached hydrogen (secondary N) is 3. The number of halogens is 1. The Morgan fingerprint density at radius 1 is 1.19 bits per heavy atom. The summed E-state index contributed by atoms with van der Waals surface area (Å²) in [6.45, 7) is 1.48. The number of amides is 3. The van der Waals surface area contributed by atoms with Crippen molar-refractivity contribution in [3.8, 4) is 11.1 Å². The van der Waals surface area contributed by atoms with Gasteiger partial charge in [-0.3, -0.25) is 14.8 Å². The number of hydrogen-bond donors (Lipinski definition) is 3. The van der Waals surface area contributed by atoms with Crippen LogP contribution in [0.25, 0.3) is 11.1 Å². The van der Waals surface area contributed by atoms with Crippen LogP contribution in [0.2, 0.25) is 0 Å². The zero-order valence-corrected chi connectivity index (χ0v) is 17.5. The van der Waals surface area contributed by atoms with Crippen molar-refractivity contribution in [3.63, 3.8) is 0 Å². The Morgan fingerprint density at radius 3 is 2.84 bits per heavy atom. The molecule has 0 radical (unpaired) electrons. The molecule has 2 aromatic carbocycles. The molecule has 2 heterocycles. The molecule has 0 bridgehead atoms. The minimum Gasteiger partial charge on any atom is -0.352 e. The minimum absolute atomic E-state index is 0.0950. The first-order chi connectivity index (χ1) is 15.6. The van der Waals surface area contributed by atoms with Gasteiger partial charge in [0.2, 0.25) is 0 Å². The van der Waals surface area contributed by atoms with Crippen LogP contribution in [0.4, 0.5) is 14.9 Å². The topological polar surface area (TPSA) is 90.1 Å². The molecular weight excluding hydrogens is 409 g/mol. The maximum absolute atomic E-state index is 14.7. The Hall–Kier alpha value is -3.68. The number of H-pyrrole nitrogens is 1. The molecule has 32 heavy (non-hydrogen) atoms.